The number of hydrogen-bond donors (Lipinski definition) is 2. The lowest BCUT2D eigenvalue weighted by Gasteiger charge is -2.20. The van der Waals surface area contributed by atoms with E-state index in [4.69, 9.17) is 28.9 Å². The Balaban J connectivity index is 2.04. The van der Waals surface area contributed by atoms with Crippen LogP contribution in [0.4, 0.5) is 5.69 Å². The fourth-order valence-corrected chi connectivity index (χ4v) is 6.09. The molecule has 0 fully saturated rings. The average molecular weight is 510 g/mol. The minimum atomic E-state index is -4.06. The molecule has 3 aromatic rings. The van der Waals surface area contributed by atoms with Gasteiger partial charge < -0.3 is 5.73 Å². The van der Waals surface area contributed by atoms with Crippen molar-refractivity contribution >= 4 is 38.9 Å². The second kappa shape index (κ2) is 9.29. The number of aryl methyl sites for hydroxylation is 2. The van der Waals surface area contributed by atoms with Gasteiger partial charge in [0.25, 0.3) is 10.0 Å². The number of hydrogen-bond acceptors (Lipinski definition) is 4. The zero-order valence-corrected chi connectivity index (χ0v) is 22.0. The lowest BCUT2D eigenvalue weighted by Crippen LogP contribution is -2.28. The van der Waals surface area contributed by atoms with Crippen LogP contribution < -0.4 is 10.5 Å². The van der Waals surface area contributed by atoms with Crippen LogP contribution in [0, 0.1) is 12.8 Å². The second-order valence-corrected chi connectivity index (χ2v) is 11.7. The molecule has 0 aliphatic carbocycles. The molecule has 178 valence electrons. The summed E-state index contributed by atoms with van der Waals surface area (Å²) in [6.07, 6.45) is 0.670. The Labute approximate surface area is 206 Å². The number of nitrogens with two attached hydrogens (primary N) is 1. The molecule has 0 amide bonds. The van der Waals surface area contributed by atoms with Crippen LogP contribution in [0.15, 0.2) is 41.3 Å². The maximum Gasteiger partial charge on any atom is 0.264 e. The molecule has 9 heteroatoms. The number of nitrogens with zero attached hydrogens (tertiary/aromatic N) is 2. The second-order valence-electron chi connectivity index (χ2n) is 9.31. The summed E-state index contributed by atoms with van der Waals surface area (Å²) in [4.78, 5) is -0.163. The molecular formula is C24H30Cl2N4O2S. The summed E-state index contributed by atoms with van der Waals surface area (Å²) in [6.45, 7) is 9.73. The SMILES string of the molecule is Cc1nn(C)c(CC(C)C)c1NS(=O)(=O)c1c(Cl)cc(-c2cccc(C(C)(C)N)c2)cc1Cl. The molecule has 0 spiro atoms. The predicted octanol–water partition coefficient (Wildman–Crippen LogP) is 5.90. The first-order valence-electron chi connectivity index (χ1n) is 10.6. The van der Waals surface area contributed by atoms with E-state index in [1.165, 1.54) is 0 Å². The van der Waals surface area contributed by atoms with E-state index in [1.807, 2.05) is 38.1 Å². The smallest absolute Gasteiger partial charge is 0.264 e. The molecule has 1 heterocycles. The maximum absolute atomic E-state index is 13.3. The van der Waals surface area contributed by atoms with Gasteiger partial charge in [0, 0.05) is 12.6 Å². The molecule has 2 aromatic carbocycles. The number of nitrogens with one attached hydrogen (secondary N) is 1. The molecule has 0 unspecified atom stereocenters. The van der Waals surface area contributed by atoms with Crippen LogP contribution in [0.3, 0.4) is 0 Å². The normalized spacial score (nSPS) is 12.4. The van der Waals surface area contributed by atoms with Crippen LogP contribution >= 0.6 is 23.2 Å². The third-order valence-electron chi connectivity index (χ3n) is 5.39. The van der Waals surface area contributed by atoms with E-state index in [0.29, 0.717) is 29.3 Å². The number of sulfonamides is 1. The lowest BCUT2D eigenvalue weighted by molar-refractivity contribution is 0.554. The fraction of sp³-hybridized carbons (Fsp3) is 0.375. The first-order chi connectivity index (χ1) is 15.2. The van der Waals surface area contributed by atoms with Gasteiger partial charge in [-0.1, -0.05) is 55.2 Å². The minimum Gasteiger partial charge on any atom is -0.322 e. The predicted molar refractivity (Wildman–Crippen MR) is 136 cm³/mol. The summed E-state index contributed by atoms with van der Waals surface area (Å²) in [5.41, 5.74) is 10.0. The van der Waals surface area contributed by atoms with E-state index < -0.39 is 15.6 Å². The number of benzene rings is 2. The third-order valence-corrected chi connectivity index (χ3v) is 7.66. The van der Waals surface area contributed by atoms with E-state index in [0.717, 1.165) is 16.8 Å². The summed E-state index contributed by atoms with van der Waals surface area (Å²) in [5.74, 6) is 0.323. The van der Waals surface area contributed by atoms with Gasteiger partial charge in [0.2, 0.25) is 0 Å². The van der Waals surface area contributed by atoms with Gasteiger partial charge in [0.1, 0.15) is 4.90 Å². The van der Waals surface area contributed by atoms with Crippen molar-refractivity contribution in [3.8, 4) is 11.1 Å². The highest BCUT2D eigenvalue weighted by molar-refractivity contribution is 7.93. The van der Waals surface area contributed by atoms with Crippen molar-refractivity contribution in [1.29, 1.82) is 0 Å². The van der Waals surface area contributed by atoms with Crippen LogP contribution in [-0.2, 0) is 29.0 Å². The number of aromatic nitrogens is 2. The summed E-state index contributed by atoms with van der Waals surface area (Å²) in [7, 11) is -2.26. The van der Waals surface area contributed by atoms with Crippen LogP contribution in [-0.4, -0.2) is 18.2 Å². The molecule has 0 saturated carbocycles. The monoisotopic (exact) mass is 508 g/mol. The Morgan fingerprint density at radius 3 is 2.27 bits per heavy atom. The fourth-order valence-electron chi connectivity index (χ4n) is 3.73. The summed E-state index contributed by atoms with van der Waals surface area (Å²) < 4.78 is 31.1. The molecule has 0 radical (unpaired) electrons. The van der Waals surface area contributed by atoms with Crippen molar-refractivity contribution < 1.29 is 8.42 Å². The van der Waals surface area contributed by atoms with Crippen molar-refractivity contribution in [2.45, 2.75) is 51.5 Å². The zero-order valence-electron chi connectivity index (χ0n) is 19.7. The Bertz CT molecular complexity index is 1270. The van der Waals surface area contributed by atoms with Gasteiger partial charge in [0.05, 0.1) is 27.1 Å². The van der Waals surface area contributed by atoms with Crippen LogP contribution in [0.2, 0.25) is 10.0 Å². The maximum atomic E-state index is 13.3. The highest BCUT2D eigenvalue weighted by Crippen LogP contribution is 2.37. The standard InChI is InChI=1S/C24H30Cl2N4O2S/c1-14(2)10-21-22(15(3)28-30(21)6)29-33(31,32)23-19(25)12-17(13-20(23)26)16-8-7-9-18(11-16)24(4,5)27/h7-9,11-14,29H,10,27H2,1-6H3. The Morgan fingerprint density at radius 1 is 1.12 bits per heavy atom. The van der Waals surface area contributed by atoms with E-state index in [-0.39, 0.29) is 14.9 Å². The molecule has 0 aliphatic rings. The van der Waals surface area contributed by atoms with Crippen molar-refractivity contribution in [2.24, 2.45) is 18.7 Å². The van der Waals surface area contributed by atoms with Crippen LogP contribution in [0.5, 0.6) is 0 Å². The highest BCUT2D eigenvalue weighted by Gasteiger charge is 2.27. The van der Waals surface area contributed by atoms with Gasteiger partial charge >= 0.3 is 0 Å². The van der Waals surface area contributed by atoms with Crippen LogP contribution in [0.25, 0.3) is 11.1 Å². The van der Waals surface area contributed by atoms with Gasteiger partial charge in [-0.2, -0.15) is 5.10 Å². The topological polar surface area (TPSA) is 90.0 Å². The number of rotatable bonds is 7. The molecule has 3 N–H and O–H groups in total. The number of halogens is 2. The molecule has 6 nitrogen and oxygen atoms in total. The number of anilines is 1. The van der Waals surface area contributed by atoms with E-state index in [2.05, 4.69) is 23.7 Å². The largest absolute Gasteiger partial charge is 0.322 e. The minimum absolute atomic E-state index is 0.0364. The molecule has 1 aromatic heterocycles. The molecule has 3 rings (SSSR count). The van der Waals surface area contributed by atoms with Crippen molar-refractivity contribution in [3.63, 3.8) is 0 Å². The molecule has 33 heavy (non-hydrogen) atoms. The quantitative estimate of drug-likeness (QED) is 0.415. The lowest BCUT2D eigenvalue weighted by atomic mass is 9.92. The molecule has 0 bridgehead atoms. The van der Waals surface area contributed by atoms with Gasteiger partial charge in [-0.15, -0.1) is 0 Å². The van der Waals surface area contributed by atoms with Gasteiger partial charge in [-0.25, -0.2) is 8.42 Å². The van der Waals surface area contributed by atoms with Crippen molar-refractivity contribution in [3.05, 3.63) is 63.4 Å². The van der Waals surface area contributed by atoms with E-state index in [9.17, 15) is 8.42 Å². The van der Waals surface area contributed by atoms with E-state index in [1.54, 1.807) is 30.8 Å². The summed E-state index contributed by atoms with van der Waals surface area (Å²) in [6, 6.07) is 10.9. The van der Waals surface area contributed by atoms with Crippen molar-refractivity contribution in [1.82, 2.24) is 9.78 Å². The Hall–Kier alpha value is -2.06. The highest BCUT2D eigenvalue weighted by atomic mass is 35.5. The molecule has 0 aliphatic heterocycles. The van der Waals surface area contributed by atoms with Gasteiger partial charge in [0.15, 0.2) is 0 Å². The Morgan fingerprint density at radius 2 is 1.73 bits per heavy atom. The molecule has 0 saturated heterocycles. The zero-order chi connectivity index (χ0) is 24.7. The third kappa shape index (κ3) is 5.54. The van der Waals surface area contributed by atoms with Gasteiger partial charge in [-0.3, -0.25) is 9.40 Å². The molecular weight excluding hydrogens is 479 g/mol. The average Bonchev–Trinajstić information content (AvgIpc) is 2.92. The molecule has 0 atom stereocenters. The van der Waals surface area contributed by atoms with Crippen LogP contribution in [0.1, 0.15) is 44.6 Å². The Kier molecular flexibility index (Phi) is 7.20. The van der Waals surface area contributed by atoms with Crippen molar-refractivity contribution in [2.75, 3.05) is 4.72 Å². The summed E-state index contributed by atoms with van der Waals surface area (Å²) in [5, 5.41) is 4.45. The van der Waals surface area contributed by atoms with Gasteiger partial charge in [-0.05, 0) is 68.0 Å². The first kappa shape index (κ1) is 25.6. The summed E-state index contributed by atoms with van der Waals surface area (Å²) >= 11 is 13.0. The van der Waals surface area contributed by atoms with E-state index >= 15 is 0 Å². The first-order valence-corrected chi connectivity index (χ1v) is 12.9.